The van der Waals surface area contributed by atoms with Gasteiger partial charge in [-0.25, -0.2) is 4.98 Å². The fourth-order valence-corrected chi connectivity index (χ4v) is 2.48. The van der Waals surface area contributed by atoms with Crippen LogP contribution in [-0.4, -0.2) is 16.1 Å². The molecule has 2 rings (SSSR count). The summed E-state index contributed by atoms with van der Waals surface area (Å²) in [5.41, 5.74) is 2.93. The van der Waals surface area contributed by atoms with E-state index in [-0.39, 0.29) is 5.54 Å². The third kappa shape index (κ3) is 1.77. The molecule has 3 nitrogen and oxygen atoms in total. The number of imidazole rings is 1. The molecule has 3 heteroatoms. The van der Waals surface area contributed by atoms with Gasteiger partial charge in [0, 0.05) is 37.2 Å². The van der Waals surface area contributed by atoms with Gasteiger partial charge in [0.05, 0.1) is 5.69 Å². The van der Waals surface area contributed by atoms with Gasteiger partial charge in [0.15, 0.2) is 0 Å². The van der Waals surface area contributed by atoms with Crippen molar-refractivity contribution >= 4 is 0 Å². The normalized spacial score (nSPS) is 16.2. The summed E-state index contributed by atoms with van der Waals surface area (Å²) < 4.78 is 2.49. The SMILES string of the molecule is CCc1nc2c(n1C(C)(C)CC)CCNC2. The molecule has 0 atom stereocenters. The molecule has 1 aliphatic heterocycles. The number of nitrogens with one attached hydrogen (secondary N) is 1. The Morgan fingerprint density at radius 1 is 1.38 bits per heavy atom. The van der Waals surface area contributed by atoms with Gasteiger partial charge in [0.2, 0.25) is 0 Å². The zero-order valence-electron chi connectivity index (χ0n) is 10.9. The average molecular weight is 221 g/mol. The highest BCUT2D eigenvalue weighted by molar-refractivity contribution is 5.22. The third-order valence-corrected chi connectivity index (χ3v) is 3.74. The zero-order valence-corrected chi connectivity index (χ0v) is 10.9. The van der Waals surface area contributed by atoms with Crippen LogP contribution < -0.4 is 5.32 Å². The van der Waals surface area contributed by atoms with Crippen LogP contribution in [0, 0.1) is 0 Å². The molecule has 0 saturated carbocycles. The first-order chi connectivity index (χ1) is 7.60. The Labute approximate surface area is 98.3 Å². The quantitative estimate of drug-likeness (QED) is 0.848. The predicted octanol–water partition coefficient (Wildman–Crippen LogP) is 2.24. The summed E-state index contributed by atoms with van der Waals surface area (Å²) >= 11 is 0. The van der Waals surface area contributed by atoms with Gasteiger partial charge in [-0.15, -0.1) is 0 Å². The zero-order chi connectivity index (χ0) is 11.8. The van der Waals surface area contributed by atoms with E-state index in [9.17, 15) is 0 Å². The largest absolute Gasteiger partial charge is 0.326 e. The van der Waals surface area contributed by atoms with E-state index in [0.717, 1.165) is 32.4 Å². The van der Waals surface area contributed by atoms with Gasteiger partial charge in [-0.2, -0.15) is 0 Å². The van der Waals surface area contributed by atoms with Crippen molar-refractivity contribution < 1.29 is 0 Å². The van der Waals surface area contributed by atoms with Crippen molar-refractivity contribution in [2.75, 3.05) is 6.54 Å². The average Bonchev–Trinajstić information content (AvgIpc) is 2.67. The molecule has 2 heterocycles. The van der Waals surface area contributed by atoms with E-state index in [2.05, 4.69) is 37.6 Å². The highest BCUT2D eigenvalue weighted by atomic mass is 15.2. The van der Waals surface area contributed by atoms with Gasteiger partial charge in [-0.3, -0.25) is 0 Å². The van der Waals surface area contributed by atoms with Crippen LogP contribution >= 0.6 is 0 Å². The Hall–Kier alpha value is -0.830. The molecule has 0 spiro atoms. The van der Waals surface area contributed by atoms with Crippen LogP contribution in [0.2, 0.25) is 0 Å². The number of nitrogens with zero attached hydrogens (tertiary/aromatic N) is 2. The number of hydrogen-bond acceptors (Lipinski definition) is 2. The second kappa shape index (κ2) is 4.21. The first-order valence-corrected chi connectivity index (χ1v) is 6.40. The Kier molecular flexibility index (Phi) is 3.06. The van der Waals surface area contributed by atoms with Crippen LogP contribution in [0.1, 0.15) is 51.3 Å². The number of aromatic nitrogens is 2. The topological polar surface area (TPSA) is 29.9 Å². The molecule has 1 N–H and O–H groups in total. The minimum Gasteiger partial charge on any atom is -0.326 e. The highest BCUT2D eigenvalue weighted by Crippen LogP contribution is 2.27. The maximum absolute atomic E-state index is 4.78. The standard InChI is InChI=1S/C13H23N3/c1-5-12-15-10-9-14-8-7-11(10)16(12)13(3,4)6-2/h14H,5-9H2,1-4H3. The molecule has 0 unspecified atom stereocenters. The van der Waals surface area contributed by atoms with Crippen LogP contribution in [0.15, 0.2) is 0 Å². The fourth-order valence-electron chi connectivity index (χ4n) is 2.48. The Balaban J connectivity index is 2.53. The first-order valence-electron chi connectivity index (χ1n) is 6.40. The molecule has 16 heavy (non-hydrogen) atoms. The molecule has 1 aromatic heterocycles. The van der Waals surface area contributed by atoms with Crippen molar-refractivity contribution in [1.29, 1.82) is 0 Å². The summed E-state index contributed by atoms with van der Waals surface area (Å²) in [5.74, 6) is 1.25. The molecule has 0 amide bonds. The molecular formula is C13H23N3. The van der Waals surface area contributed by atoms with Crippen molar-refractivity contribution in [3.05, 3.63) is 17.2 Å². The lowest BCUT2D eigenvalue weighted by Gasteiger charge is -2.30. The smallest absolute Gasteiger partial charge is 0.109 e. The van der Waals surface area contributed by atoms with E-state index in [1.54, 1.807) is 0 Å². The highest BCUT2D eigenvalue weighted by Gasteiger charge is 2.27. The van der Waals surface area contributed by atoms with E-state index in [4.69, 9.17) is 4.98 Å². The van der Waals surface area contributed by atoms with Crippen molar-refractivity contribution in [2.45, 2.75) is 59.0 Å². The van der Waals surface area contributed by atoms with E-state index in [1.807, 2.05) is 0 Å². The lowest BCUT2D eigenvalue weighted by Crippen LogP contribution is -2.32. The van der Waals surface area contributed by atoms with Crippen LogP contribution in [0.3, 0.4) is 0 Å². The fraction of sp³-hybridized carbons (Fsp3) is 0.769. The summed E-state index contributed by atoms with van der Waals surface area (Å²) in [5, 5.41) is 3.40. The molecule has 90 valence electrons. The number of aryl methyl sites for hydroxylation is 1. The molecule has 0 aliphatic carbocycles. The maximum atomic E-state index is 4.78. The maximum Gasteiger partial charge on any atom is 0.109 e. The summed E-state index contributed by atoms with van der Waals surface area (Å²) in [4.78, 5) is 4.78. The van der Waals surface area contributed by atoms with Gasteiger partial charge in [-0.1, -0.05) is 13.8 Å². The minimum absolute atomic E-state index is 0.198. The molecular weight excluding hydrogens is 198 g/mol. The van der Waals surface area contributed by atoms with Gasteiger partial charge >= 0.3 is 0 Å². The van der Waals surface area contributed by atoms with Crippen molar-refractivity contribution in [1.82, 2.24) is 14.9 Å². The lowest BCUT2D eigenvalue weighted by molar-refractivity contribution is 0.320. The van der Waals surface area contributed by atoms with Crippen LogP contribution in [0.5, 0.6) is 0 Å². The van der Waals surface area contributed by atoms with Crippen LogP contribution in [0.25, 0.3) is 0 Å². The van der Waals surface area contributed by atoms with Crippen molar-refractivity contribution in [3.8, 4) is 0 Å². The molecule has 0 aromatic carbocycles. The summed E-state index contributed by atoms with van der Waals surface area (Å²) in [7, 11) is 0. The summed E-state index contributed by atoms with van der Waals surface area (Å²) in [6, 6.07) is 0. The van der Waals surface area contributed by atoms with E-state index < -0.39 is 0 Å². The second-order valence-electron chi connectivity index (χ2n) is 5.20. The van der Waals surface area contributed by atoms with Crippen molar-refractivity contribution in [2.24, 2.45) is 0 Å². The van der Waals surface area contributed by atoms with Gasteiger partial charge < -0.3 is 9.88 Å². The molecule has 0 saturated heterocycles. The predicted molar refractivity (Wildman–Crippen MR) is 66.6 cm³/mol. The second-order valence-corrected chi connectivity index (χ2v) is 5.20. The Morgan fingerprint density at radius 2 is 2.12 bits per heavy atom. The van der Waals surface area contributed by atoms with Gasteiger partial charge in [0.1, 0.15) is 5.82 Å². The Bertz CT molecular complexity index is 377. The van der Waals surface area contributed by atoms with Crippen LogP contribution in [-0.2, 0) is 24.9 Å². The third-order valence-electron chi connectivity index (χ3n) is 3.74. The monoisotopic (exact) mass is 221 g/mol. The van der Waals surface area contributed by atoms with E-state index in [1.165, 1.54) is 17.2 Å². The first kappa shape index (κ1) is 11.6. The van der Waals surface area contributed by atoms with Gasteiger partial charge in [-0.05, 0) is 20.3 Å². The molecule has 0 radical (unpaired) electrons. The molecule has 1 aromatic rings. The number of hydrogen-bond donors (Lipinski definition) is 1. The van der Waals surface area contributed by atoms with Crippen molar-refractivity contribution in [3.63, 3.8) is 0 Å². The summed E-state index contributed by atoms with van der Waals surface area (Å²) in [6.07, 6.45) is 3.29. The molecule has 1 aliphatic rings. The van der Waals surface area contributed by atoms with E-state index >= 15 is 0 Å². The van der Waals surface area contributed by atoms with E-state index in [0.29, 0.717) is 0 Å². The molecule has 0 fully saturated rings. The summed E-state index contributed by atoms with van der Waals surface area (Å²) in [6.45, 7) is 11.1. The van der Waals surface area contributed by atoms with Gasteiger partial charge in [0.25, 0.3) is 0 Å². The number of fused-ring (bicyclic) bond motifs is 1. The molecule has 0 bridgehead atoms. The number of rotatable bonds is 3. The van der Waals surface area contributed by atoms with Crippen LogP contribution in [0.4, 0.5) is 0 Å². The minimum atomic E-state index is 0.198. The Morgan fingerprint density at radius 3 is 2.75 bits per heavy atom. The lowest BCUT2D eigenvalue weighted by atomic mass is 9.99.